The Morgan fingerprint density at radius 2 is 0.489 bits per heavy atom. The van der Waals surface area contributed by atoms with E-state index in [0.717, 1.165) is 0 Å². The van der Waals surface area contributed by atoms with Gasteiger partial charge in [0.25, 0.3) is 0 Å². The minimum Gasteiger partial charge on any atom is -0.0620 e. The van der Waals surface area contributed by atoms with Crippen LogP contribution in [0.4, 0.5) is 0 Å². The average Bonchev–Trinajstić information content (AvgIpc) is 0.833. The Bertz CT molecular complexity index is 4390. The van der Waals surface area contributed by atoms with Gasteiger partial charge in [-0.1, -0.05) is 303 Å². The molecular weight excluding hydrogens is 1130 g/mol. The van der Waals surface area contributed by atoms with E-state index in [1.165, 1.54) is 172 Å². The van der Waals surface area contributed by atoms with Gasteiger partial charge in [0.05, 0.1) is 0 Å². The summed E-state index contributed by atoms with van der Waals surface area (Å²) in [5, 5.41) is 0. The second kappa shape index (κ2) is 33.5. The predicted octanol–water partition coefficient (Wildman–Crippen LogP) is 27.0. The maximum atomic E-state index is 2.34. The van der Waals surface area contributed by atoms with Crippen molar-refractivity contribution in [3.8, 4) is 66.8 Å². The maximum absolute atomic E-state index is 2.34. The standard InChI is InChI=1S/C19H24.C16H18.3C15H16.C14H14/c1-13-8-7-9-16(10-13)18-14(2)11-17(12-15(18)3)19(4,5)6;1-11-9-13(3)16(14(4)10-11)15-8-6-5-7-12(15)2;1-11-7-4-5-10-14(11)15-12(2)8-6-9-13(15)3;1-11-8-12(2)10-14(9-11)15-7-5-4-6-13(15)3;1-11-8-9-15(13(3)10-11)14-7-5-4-6-12(14)2;1-11-7-9-13(10-8-11)14-6-4-3-5-12(14)2/h7-12H,1-6H3;5-10H,1-4H3;3*4-10H,1-3H3;3-10H,1-2H3. The van der Waals surface area contributed by atoms with Crippen molar-refractivity contribution in [2.45, 2.75) is 151 Å². The molecule has 94 heavy (non-hydrogen) atoms. The van der Waals surface area contributed by atoms with E-state index in [1.54, 1.807) is 0 Å². The number of rotatable bonds is 6. The molecule has 12 aromatic carbocycles. The Hall–Kier alpha value is -9.36. The van der Waals surface area contributed by atoms with Gasteiger partial charge in [0.1, 0.15) is 0 Å². The molecular formula is C94H104. The summed E-state index contributed by atoms with van der Waals surface area (Å²) in [5.74, 6) is 0. The zero-order valence-corrected chi connectivity index (χ0v) is 60.7. The monoisotopic (exact) mass is 1230 g/mol. The Balaban J connectivity index is 0.000000160. The molecule has 0 unspecified atom stereocenters. The summed E-state index contributed by atoms with van der Waals surface area (Å²) < 4.78 is 0. The highest BCUT2D eigenvalue weighted by Gasteiger charge is 2.17. The van der Waals surface area contributed by atoms with Crippen LogP contribution in [0, 0.1) is 125 Å². The topological polar surface area (TPSA) is 0 Å². The molecule has 12 rings (SSSR count). The van der Waals surface area contributed by atoms with Gasteiger partial charge in [-0.25, -0.2) is 0 Å². The predicted molar refractivity (Wildman–Crippen MR) is 415 cm³/mol. The van der Waals surface area contributed by atoms with Gasteiger partial charge in [0.2, 0.25) is 0 Å². The maximum Gasteiger partial charge on any atom is -0.0123 e. The van der Waals surface area contributed by atoms with Crippen molar-refractivity contribution in [2.24, 2.45) is 0 Å². The summed E-state index contributed by atoms with van der Waals surface area (Å²) in [4.78, 5) is 0. The molecule has 0 fully saturated rings. The lowest BCUT2D eigenvalue weighted by atomic mass is 9.82. The largest absolute Gasteiger partial charge is 0.0620 e. The highest BCUT2D eigenvalue weighted by molar-refractivity contribution is 5.76. The van der Waals surface area contributed by atoms with E-state index in [9.17, 15) is 0 Å². The molecule has 0 amide bonds. The third kappa shape index (κ3) is 19.8. The fourth-order valence-corrected chi connectivity index (χ4v) is 12.9. The van der Waals surface area contributed by atoms with Crippen LogP contribution in [0.25, 0.3) is 66.8 Å². The van der Waals surface area contributed by atoms with Crippen molar-refractivity contribution in [1.82, 2.24) is 0 Å². The highest BCUT2D eigenvalue weighted by Crippen LogP contribution is 2.35. The van der Waals surface area contributed by atoms with E-state index < -0.39 is 0 Å². The molecule has 0 aliphatic heterocycles. The van der Waals surface area contributed by atoms with Crippen LogP contribution in [0.2, 0.25) is 0 Å². The van der Waals surface area contributed by atoms with Crippen LogP contribution in [0.1, 0.15) is 126 Å². The summed E-state index contributed by atoms with van der Waals surface area (Å²) >= 11 is 0. The van der Waals surface area contributed by atoms with Gasteiger partial charge in [0, 0.05) is 0 Å². The van der Waals surface area contributed by atoms with E-state index in [4.69, 9.17) is 0 Å². The van der Waals surface area contributed by atoms with Crippen LogP contribution in [0.15, 0.2) is 249 Å². The van der Waals surface area contributed by atoms with Crippen molar-refractivity contribution in [1.29, 1.82) is 0 Å². The minimum absolute atomic E-state index is 0.209. The van der Waals surface area contributed by atoms with Crippen LogP contribution in [-0.4, -0.2) is 0 Å². The van der Waals surface area contributed by atoms with Crippen LogP contribution >= 0.6 is 0 Å². The first-order chi connectivity index (χ1) is 44.7. The molecule has 0 spiro atoms. The first kappa shape index (κ1) is 72.1. The molecule has 0 heterocycles. The van der Waals surface area contributed by atoms with Gasteiger partial charge >= 0.3 is 0 Å². The fraction of sp³-hybridized carbons (Fsp3) is 0.234. The Labute approximate surface area is 568 Å². The minimum atomic E-state index is 0.209. The lowest BCUT2D eigenvalue weighted by molar-refractivity contribution is 0.589. The average molecular weight is 1230 g/mol. The highest BCUT2D eigenvalue weighted by atomic mass is 14.2. The summed E-state index contributed by atoms with van der Waals surface area (Å²) in [6.45, 7) is 45.8. The number of hydrogen-bond acceptors (Lipinski definition) is 0. The quantitative estimate of drug-likeness (QED) is 0.156. The smallest absolute Gasteiger partial charge is 0.0123 e. The normalized spacial score (nSPS) is 10.6. The van der Waals surface area contributed by atoms with Crippen LogP contribution in [0.5, 0.6) is 0 Å². The molecule has 0 nitrogen and oxygen atoms in total. The lowest BCUT2D eigenvalue weighted by Crippen LogP contribution is -2.12. The van der Waals surface area contributed by atoms with E-state index in [1.807, 2.05) is 0 Å². The van der Waals surface area contributed by atoms with E-state index in [-0.39, 0.29) is 5.41 Å². The molecule has 0 heteroatoms. The first-order valence-electron chi connectivity index (χ1n) is 33.6. The lowest BCUT2D eigenvalue weighted by Gasteiger charge is -2.22. The molecule has 0 radical (unpaired) electrons. The molecule has 0 bridgehead atoms. The summed E-state index contributed by atoms with van der Waals surface area (Å²) in [6, 6.07) is 89.1. The first-order valence-corrected chi connectivity index (χ1v) is 33.6. The van der Waals surface area contributed by atoms with E-state index in [0.29, 0.717) is 0 Å². The SMILES string of the molecule is Cc1cc(C)c(-c2ccccc2C)c(C)c1.Cc1cc(C)cc(-c2ccccc2C)c1.Cc1ccc(-c2ccccc2C)c(C)c1.Cc1ccc(-c2ccccc2C)cc1.Cc1cccc(-c2c(C)cc(C(C)(C)C)cc2C)c1.Cc1ccccc1-c1c(C)cccc1C. The summed E-state index contributed by atoms with van der Waals surface area (Å²) in [7, 11) is 0. The zero-order valence-electron chi connectivity index (χ0n) is 60.7. The summed E-state index contributed by atoms with van der Waals surface area (Å²) in [5.41, 5.74) is 42.0. The van der Waals surface area contributed by atoms with Gasteiger partial charge in [-0.15, -0.1) is 0 Å². The molecule has 0 atom stereocenters. The van der Waals surface area contributed by atoms with Crippen molar-refractivity contribution in [3.63, 3.8) is 0 Å². The molecule has 0 saturated heterocycles. The van der Waals surface area contributed by atoms with Crippen molar-refractivity contribution in [2.75, 3.05) is 0 Å². The zero-order chi connectivity index (χ0) is 68.4. The van der Waals surface area contributed by atoms with Gasteiger partial charge in [-0.3, -0.25) is 0 Å². The van der Waals surface area contributed by atoms with Crippen molar-refractivity contribution < 1.29 is 0 Å². The number of benzene rings is 12. The van der Waals surface area contributed by atoms with Crippen LogP contribution < -0.4 is 0 Å². The van der Waals surface area contributed by atoms with Gasteiger partial charge < -0.3 is 0 Å². The second-order valence-corrected chi connectivity index (χ2v) is 27.3. The van der Waals surface area contributed by atoms with Crippen molar-refractivity contribution in [3.05, 3.63) is 354 Å². The van der Waals surface area contributed by atoms with Gasteiger partial charge in [-0.2, -0.15) is 0 Å². The van der Waals surface area contributed by atoms with Gasteiger partial charge in [0.15, 0.2) is 0 Å². The molecule has 0 aromatic heterocycles. The van der Waals surface area contributed by atoms with Gasteiger partial charge in [-0.05, 0) is 269 Å². The van der Waals surface area contributed by atoms with Crippen LogP contribution in [-0.2, 0) is 5.41 Å². The Kier molecular flexibility index (Phi) is 25.7. The molecule has 0 aliphatic carbocycles. The summed E-state index contributed by atoms with van der Waals surface area (Å²) in [6.07, 6.45) is 0. The number of aryl methyl sites for hydroxylation is 18. The second-order valence-electron chi connectivity index (χ2n) is 27.3. The third-order valence-electron chi connectivity index (χ3n) is 17.7. The fourth-order valence-electron chi connectivity index (χ4n) is 12.9. The Morgan fingerprint density at radius 3 is 0.915 bits per heavy atom. The molecule has 12 aromatic rings. The van der Waals surface area contributed by atoms with Crippen LogP contribution in [0.3, 0.4) is 0 Å². The van der Waals surface area contributed by atoms with Crippen molar-refractivity contribution >= 4 is 0 Å². The van der Waals surface area contributed by atoms with E-state index >= 15 is 0 Å². The molecule has 0 aliphatic rings. The third-order valence-corrected chi connectivity index (χ3v) is 17.7. The molecule has 480 valence electrons. The Morgan fingerprint density at radius 1 is 0.170 bits per heavy atom. The molecule has 0 saturated carbocycles. The molecule has 0 N–H and O–H groups in total. The number of hydrogen-bond donors (Lipinski definition) is 0. The van der Waals surface area contributed by atoms with E-state index in [2.05, 4.69) is 394 Å².